The predicted octanol–water partition coefficient (Wildman–Crippen LogP) is 4.51. The van der Waals surface area contributed by atoms with Crippen molar-refractivity contribution >= 4 is 5.69 Å². The summed E-state index contributed by atoms with van der Waals surface area (Å²) in [4.78, 5) is 2.50. The number of benzene rings is 3. The smallest absolute Gasteiger partial charge is 0.0314 e. The van der Waals surface area contributed by atoms with Crippen molar-refractivity contribution in [2.45, 2.75) is 19.5 Å². The summed E-state index contributed by atoms with van der Waals surface area (Å²) in [5.41, 5.74) is 10.6. The average Bonchev–Trinajstić information content (AvgIpc) is 2.63. The van der Waals surface area contributed by atoms with Gasteiger partial charge in [-0.25, -0.2) is 0 Å². The lowest BCUT2D eigenvalue weighted by molar-refractivity contribution is 0.260. The molecule has 2 N–H and O–H groups in total. The van der Waals surface area contributed by atoms with E-state index in [1.54, 1.807) is 0 Å². The molecule has 0 saturated carbocycles. The Morgan fingerprint density at radius 2 is 1.08 bits per heavy atom. The highest BCUT2D eigenvalue weighted by molar-refractivity contribution is 5.39. The van der Waals surface area contributed by atoms with Gasteiger partial charge in [-0.1, -0.05) is 72.8 Å². The zero-order chi connectivity index (χ0) is 16.6. The quantitative estimate of drug-likeness (QED) is 0.650. The van der Waals surface area contributed by atoms with Gasteiger partial charge in [0.05, 0.1) is 0 Å². The number of nitrogens with zero attached hydrogens (tertiary/aromatic N) is 1. The molecule has 0 heterocycles. The molecule has 0 unspecified atom stereocenters. The van der Waals surface area contributed by atoms with Gasteiger partial charge in [0.15, 0.2) is 0 Å². The second-order valence-electron chi connectivity index (χ2n) is 6.17. The average molecular weight is 316 g/mol. The standard InChI is InChI=1S/C22H24N2/c23-22-13-11-19(12-14-22)15-16-24(17-20-7-3-1-4-8-20)18-21-9-5-2-6-10-21/h1-14H,15-18,23H2. The Balaban J connectivity index is 1.67. The van der Waals surface area contributed by atoms with Gasteiger partial charge < -0.3 is 5.73 Å². The first-order valence-electron chi connectivity index (χ1n) is 8.44. The topological polar surface area (TPSA) is 29.3 Å². The second kappa shape index (κ2) is 8.32. The van der Waals surface area contributed by atoms with E-state index in [9.17, 15) is 0 Å². The van der Waals surface area contributed by atoms with Crippen molar-refractivity contribution in [3.8, 4) is 0 Å². The van der Waals surface area contributed by atoms with Crippen LogP contribution in [0, 0.1) is 0 Å². The van der Waals surface area contributed by atoms with Gasteiger partial charge in [-0.15, -0.1) is 0 Å². The first-order chi connectivity index (χ1) is 11.8. The van der Waals surface area contributed by atoms with Crippen molar-refractivity contribution in [1.82, 2.24) is 4.90 Å². The van der Waals surface area contributed by atoms with E-state index in [1.807, 2.05) is 12.1 Å². The van der Waals surface area contributed by atoms with E-state index in [2.05, 4.69) is 77.7 Å². The monoisotopic (exact) mass is 316 g/mol. The van der Waals surface area contributed by atoms with Crippen LogP contribution in [0.1, 0.15) is 16.7 Å². The van der Waals surface area contributed by atoms with Crippen LogP contribution in [0.25, 0.3) is 0 Å². The molecule has 0 aliphatic carbocycles. The van der Waals surface area contributed by atoms with Crippen LogP contribution in [0.2, 0.25) is 0 Å². The summed E-state index contributed by atoms with van der Waals surface area (Å²) >= 11 is 0. The Kier molecular flexibility index (Phi) is 5.65. The maximum Gasteiger partial charge on any atom is 0.0314 e. The largest absolute Gasteiger partial charge is 0.399 e. The van der Waals surface area contributed by atoms with E-state index >= 15 is 0 Å². The third-order valence-corrected chi connectivity index (χ3v) is 4.19. The lowest BCUT2D eigenvalue weighted by atomic mass is 10.1. The number of rotatable bonds is 7. The van der Waals surface area contributed by atoms with Crippen molar-refractivity contribution in [1.29, 1.82) is 0 Å². The van der Waals surface area contributed by atoms with Gasteiger partial charge in [0.1, 0.15) is 0 Å². The molecule has 2 heteroatoms. The van der Waals surface area contributed by atoms with Gasteiger partial charge in [0.2, 0.25) is 0 Å². The Bertz CT molecular complexity index is 679. The summed E-state index contributed by atoms with van der Waals surface area (Å²) in [6.07, 6.45) is 1.03. The summed E-state index contributed by atoms with van der Waals surface area (Å²) in [7, 11) is 0. The summed E-state index contributed by atoms with van der Waals surface area (Å²) in [5.74, 6) is 0. The first-order valence-corrected chi connectivity index (χ1v) is 8.44. The number of hydrogen-bond acceptors (Lipinski definition) is 2. The molecule has 0 atom stereocenters. The van der Waals surface area contributed by atoms with Crippen LogP contribution >= 0.6 is 0 Å². The number of anilines is 1. The zero-order valence-corrected chi connectivity index (χ0v) is 13.9. The van der Waals surface area contributed by atoms with Crippen LogP contribution in [-0.4, -0.2) is 11.4 Å². The Labute approximate surface area is 144 Å². The normalized spacial score (nSPS) is 10.9. The highest BCUT2D eigenvalue weighted by Crippen LogP contribution is 2.12. The van der Waals surface area contributed by atoms with Crippen molar-refractivity contribution in [3.63, 3.8) is 0 Å². The van der Waals surface area contributed by atoms with Crippen LogP contribution < -0.4 is 5.73 Å². The molecule has 0 fully saturated rings. The molecule has 3 aromatic carbocycles. The highest BCUT2D eigenvalue weighted by Gasteiger charge is 2.07. The van der Waals surface area contributed by atoms with Crippen molar-refractivity contribution in [2.24, 2.45) is 0 Å². The molecule has 122 valence electrons. The minimum atomic E-state index is 0.823. The van der Waals surface area contributed by atoms with E-state index in [4.69, 9.17) is 5.73 Å². The van der Waals surface area contributed by atoms with E-state index in [1.165, 1.54) is 16.7 Å². The molecular formula is C22H24N2. The first kappa shape index (κ1) is 16.3. The van der Waals surface area contributed by atoms with Gasteiger partial charge in [-0.05, 0) is 35.2 Å². The van der Waals surface area contributed by atoms with Crippen molar-refractivity contribution in [3.05, 3.63) is 102 Å². The van der Waals surface area contributed by atoms with Crippen LogP contribution in [0.3, 0.4) is 0 Å². The molecule has 2 nitrogen and oxygen atoms in total. The minimum absolute atomic E-state index is 0.823. The Hall–Kier alpha value is -2.58. The Morgan fingerprint density at radius 3 is 1.58 bits per heavy atom. The van der Waals surface area contributed by atoms with Gasteiger partial charge >= 0.3 is 0 Å². The van der Waals surface area contributed by atoms with E-state index < -0.39 is 0 Å². The molecule has 0 aromatic heterocycles. The molecule has 3 aromatic rings. The van der Waals surface area contributed by atoms with Gasteiger partial charge in [0.25, 0.3) is 0 Å². The van der Waals surface area contributed by atoms with E-state index in [0.717, 1.165) is 31.7 Å². The third-order valence-electron chi connectivity index (χ3n) is 4.19. The lowest BCUT2D eigenvalue weighted by Crippen LogP contribution is -2.25. The van der Waals surface area contributed by atoms with Gasteiger partial charge in [-0.3, -0.25) is 4.90 Å². The van der Waals surface area contributed by atoms with E-state index in [0.29, 0.717) is 0 Å². The molecule has 0 spiro atoms. The SMILES string of the molecule is Nc1ccc(CCN(Cc2ccccc2)Cc2ccccc2)cc1. The molecular weight excluding hydrogens is 292 g/mol. The molecule has 0 radical (unpaired) electrons. The fourth-order valence-electron chi connectivity index (χ4n) is 2.87. The molecule has 0 aliphatic rings. The Morgan fingerprint density at radius 1 is 0.583 bits per heavy atom. The summed E-state index contributed by atoms with van der Waals surface area (Å²) in [6.45, 7) is 2.95. The molecule has 3 rings (SSSR count). The number of hydrogen-bond donors (Lipinski definition) is 1. The predicted molar refractivity (Wildman–Crippen MR) is 102 cm³/mol. The molecule has 0 amide bonds. The summed E-state index contributed by atoms with van der Waals surface area (Å²) in [6, 6.07) is 29.6. The minimum Gasteiger partial charge on any atom is -0.399 e. The van der Waals surface area contributed by atoms with Crippen LogP contribution in [0.15, 0.2) is 84.9 Å². The third kappa shape index (κ3) is 4.97. The van der Waals surface area contributed by atoms with Crippen LogP contribution in [0.4, 0.5) is 5.69 Å². The summed E-state index contributed by atoms with van der Waals surface area (Å²) in [5, 5.41) is 0. The molecule has 0 aliphatic heterocycles. The lowest BCUT2D eigenvalue weighted by Gasteiger charge is -2.23. The van der Waals surface area contributed by atoms with Crippen LogP contribution in [0.5, 0.6) is 0 Å². The highest BCUT2D eigenvalue weighted by atomic mass is 15.1. The summed E-state index contributed by atoms with van der Waals surface area (Å²) < 4.78 is 0. The van der Waals surface area contributed by atoms with Crippen molar-refractivity contribution in [2.75, 3.05) is 12.3 Å². The van der Waals surface area contributed by atoms with E-state index in [-0.39, 0.29) is 0 Å². The molecule has 24 heavy (non-hydrogen) atoms. The molecule has 0 bridgehead atoms. The van der Waals surface area contributed by atoms with Crippen LogP contribution in [-0.2, 0) is 19.5 Å². The maximum absolute atomic E-state index is 5.78. The van der Waals surface area contributed by atoms with Gasteiger partial charge in [0, 0.05) is 25.3 Å². The molecule has 0 saturated heterocycles. The zero-order valence-electron chi connectivity index (χ0n) is 13.9. The van der Waals surface area contributed by atoms with Crippen molar-refractivity contribution < 1.29 is 0 Å². The second-order valence-corrected chi connectivity index (χ2v) is 6.17. The number of nitrogen functional groups attached to an aromatic ring is 1. The maximum atomic E-state index is 5.78. The fraction of sp³-hybridized carbons (Fsp3) is 0.182. The van der Waals surface area contributed by atoms with Gasteiger partial charge in [-0.2, -0.15) is 0 Å². The number of nitrogens with two attached hydrogens (primary N) is 1. The fourth-order valence-corrected chi connectivity index (χ4v) is 2.87.